The number of hydrogen-bond acceptors (Lipinski definition) is 2. The van der Waals surface area contributed by atoms with Crippen LogP contribution in [0.2, 0.25) is 0 Å². The molecule has 1 radical (unpaired) electrons. The molecule has 0 unspecified atom stereocenters. The highest BCUT2D eigenvalue weighted by Crippen LogP contribution is 2.29. The smallest absolute Gasteiger partial charge is 0.0708 e. The lowest BCUT2D eigenvalue weighted by molar-refractivity contribution is 1.33. The summed E-state index contributed by atoms with van der Waals surface area (Å²) in [7, 11) is 0. The van der Waals surface area contributed by atoms with Gasteiger partial charge in [-0.1, -0.05) is 18.2 Å². The number of nitrogens with zero attached hydrogens (tertiary/aromatic N) is 1. The Kier molecular flexibility index (Phi) is 2.00. The molecule has 1 nitrogen and oxygen atoms in total. The summed E-state index contributed by atoms with van der Waals surface area (Å²) in [5, 5.41) is 4.40. The summed E-state index contributed by atoms with van der Waals surface area (Å²) in [6.07, 6.45) is 1.82. The predicted molar refractivity (Wildman–Crippen MR) is 63.9 cm³/mol. The molecule has 0 aliphatic heterocycles. The molecule has 0 amide bonds. The molecule has 0 fully saturated rings. The predicted octanol–water partition coefficient (Wildman–Crippen LogP) is 3.76. The second-order valence-corrected chi connectivity index (χ2v) is 4.18. The zero-order valence-corrected chi connectivity index (χ0v) is 8.79. The van der Waals surface area contributed by atoms with Crippen molar-refractivity contribution < 1.29 is 0 Å². The van der Waals surface area contributed by atoms with Gasteiger partial charge in [-0.05, 0) is 24.3 Å². The molecule has 2 heterocycles. The van der Waals surface area contributed by atoms with E-state index in [1.807, 2.05) is 30.5 Å². The van der Waals surface area contributed by atoms with Crippen molar-refractivity contribution >= 4 is 21.4 Å². The number of thiophene rings is 1. The van der Waals surface area contributed by atoms with Gasteiger partial charge in [-0.2, -0.15) is 0 Å². The lowest BCUT2D eigenvalue weighted by Crippen LogP contribution is -1.81. The van der Waals surface area contributed by atoms with Gasteiger partial charge in [0.1, 0.15) is 0 Å². The van der Waals surface area contributed by atoms with Crippen molar-refractivity contribution in [1.82, 2.24) is 4.98 Å². The maximum absolute atomic E-state index is 4.37. The molecule has 0 bridgehead atoms. The van der Waals surface area contributed by atoms with E-state index >= 15 is 0 Å². The number of fused-ring (bicyclic) bond motifs is 1. The van der Waals surface area contributed by atoms with Crippen LogP contribution in [0.1, 0.15) is 0 Å². The number of pyridine rings is 1. The molecule has 2 aromatic heterocycles. The van der Waals surface area contributed by atoms with Crippen molar-refractivity contribution in [3.63, 3.8) is 0 Å². The second-order valence-electron chi connectivity index (χ2n) is 3.30. The van der Waals surface area contributed by atoms with E-state index in [4.69, 9.17) is 0 Å². The molecule has 0 saturated heterocycles. The van der Waals surface area contributed by atoms with Crippen LogP contribution in [-0.2, 0) is 0 Å². The summed E-state index contributed by atoms with van der Waals surface area (Å²) in [5.74, 6) is 0. The van der Waals surface area contributed by atoms with Gasteiger partial charge in [-0.25, -0.2) is 0 Å². The Labute approximate surface area is 92.0 Å². The van der Waals surface area contributed by atoms with Crippen LogP contribution in [0.15, 0.2) is 48.7 Å². The van der Waals surface area contributed by atoms with Crippen LogP contribution < -0.4 is 0 Å². The van der Waals surface area contributed by atoms with Gasteiger partial charge in [0.05, 0.1) is 5.69 Å². The van der Waals surface area contributed by atoms with E-state index in [9.17, 15) is 0 Å². The molecule has 0 N–H and O–H groups in total. The minimum absolute atomic E-state index is 1.02. The summed E-state index contributed by atoms with van der Waals surface area (Å²) in [6.45, 7) is 0. The molecule has 1 aromatic carbocycles. The molecule has 0 saturated carbocycles. The lowest BCUT2D eigenvalue weighted by atomic mass is 10.1. The van der Waals surface area contributed by atoms with Gasteiger partial charge in [-0.15, -0.1) is 11.3 Å². The van der Waals surface area contributed by atoms with Gasteiger partial charge in [0.25, 0.3) is 0 Å². The Morgan fingerprint density at radius 1 is 1.07 bits per heavy atom. The Balaban J connectivity index is 2.31. The van der Waals surface area contributed by atoms with Gasteiger partial charge >= 0.3 is 0 Å². The SMILES string of the molecule is [c]1cc2c(-c3ccccn3)cccc2s1. The van der Waals surface area contributed by atoms with Crippen LogP contribution in [0.5, 0.6) is 0 Å². The second kappa shape index (κ2) is 3.48. The Hall–Kier alpha value is -1.67. The standard InChI is InChI=1S/C13H8NS/c1-2-8-14-12(5-1)10-4-3-6-13-11(10)7-9-15-13/h1-8H. The Bertz CT molecular complexity index is 584. The lowest BCUT2D eigenvalue weighted by Gasteiger charge is -2.01. The number of rotatable bonds is 1. The van der Waals surface area contributed by atoms with E-state index < -0.39 is 0 Å². The first-order valence-electron chi connectivity index (χ1n) is 4.75. The largest absolute Gasteiger partial charge is 0.256 e. The molecule has 0 spiro atoms. The molecule has 2 heteroatoms. The highest BCUT2D eigenvalue weighted by molar-refractivity contribution is 7.16. The molecule has 0 aliphatic rings. The van der Waals surface area contributed by atoms with Gasteiger partial charge in [0.15, 0.2) is 0 Å². The third-order valence-corrected chi connectivity index (χ3v) is 3.19. The summed E-state index contributed by atoms with van der Waals surface area (Å²) < 4.78 is 1.26. The molecule has 0 aliphatic carbocycles. The van der Waals surface area contributed by atoms with Gasteiger partial charge in [0, 0.05) is 27.2 Å². The average molecular weight is 210 g/mol. The fourth-order valence-electron chi connectivity index (χ4n) is 1.68. The first-order chi connectivity index (χ1) is 7.45. The topological polar surface area (TPSA) is 12.9 Å². The monoisotopic (exact) mass is 210 g/mol. The number of aromatic nitrogens is 1. The Morgan fingerprint density at radius 2 is 2.07 bits per heavy atom. The van der Waals surface area contributed by atoms with Crippen molar-refractivity contribution in [3.8, 4) is 11.3 Å². The third kappa shape index (κ3) is 1.43. The fraction of sp³-hybridized carbons (Fsp3) is 0. The van der Waals surface area contributed by atoms with Crippen molar-refractivity contribution in [2.75, 3.05) is 0 Å². The van der Waals surface area contributed by atoms with Crippen LogP contribution in [0.25, 0.3) is 21.3 Å². The number of benzene rings is 1. The molecule has 15 heavy (non-hydrogen) atoms. The molecular weight excluding hydrogens is 202 g/mol. The van der Waals surface area contributed by atoms with Gasteiger partial charge in [-0.3, -0.25) is 4.98 Å². The van der Waals surface area contributed by atoms with Crippen LogP contribution in [0, 0.1) is 5.38 Å². The zero-order valence-electron chi connectivity index (χ0n) is 7.97. The Morgan fingerprint density at radius 3 is 2.93 bits per heavy atom. The fourth-order valence-corrected chi connectivity index (χ4v) is 2.41. The normalized spacial score (nSPS) is 10.7. The van der Waals surface area contributed by atoms with E-state index in [-0.39, 0.29) is 0 Å². The molecule has 3 aromatic rings. The minimum Gasteiger partial charge on any atom is -0.256 e. The van der Waals surface area contributed by atoms with Gasteiger partial charge < -0.3 is 0 Å². The van der Waals surface area contributed by atoms with Crippen LogP contribution >= 0.6 is 11.3 Å². The van der Waals surface area contributed by atoms with Crippen LogP contribution in [-0.4, -0.2) is 4.98 Å². The highest BCUT2D eigenvalue weighted by atomic mass is 32.1. The quantitative estimate of drug-likeness (QED) is 0.596. The van der Waals surface area contributed by atoms with Crippen molar-refractivity contribution in [1.29, 1.82) is 0 Å². The highest BCUT2D eigenvalue weighted by Gasteiger charge is 2.04. The average Bonchev–Trinajstić information content (AvgIpc) is 2.78. The van der Waals surface area contributed by atoms with E-state index in [0.29, 0.717) is 0 Å². The maximum Gasteiger partial charge on any atom is 0.0708 e. The van der Waals surface area contributed by atoms with Gasteiger partial charge in [0.2, 0.25) is 0 Å². The number of hydrogen-bond donors (Lipinski definition) is 0. The third-order valence-electron chi connectivity index (χ3n) is 2.38. The molecular formula is C13H8NS. The van der Waals surface area contributed by atoms with Crippen molar-refractivity contribution in [2.24, 2.45) is 0 Å². The minimum atomic E-state index is 1.02. The van der Waals surface area contributed by atoms with Crippen molar-refractivity contribution in [2.45, 2.75) is 0 Å². The molecule has 71 valence electrons. The first kappa shape index (κ1) is 8.62. The molecule has 3 rings (SSSR count). The van der Waals surface area contributed by atoms with Crippen LogP contribution in [0.3, 0.4) is 0 Å². The zero-order chi connectivity index (χ0) is 10.1. The summed E-state index contributed by atoms with van der Waals surface area (Å²) in [5.41, 5.74) is 2.21. The van der Waals surface area contributed by atoms with E-state index in [2.05, 4.69) is 28.6 Å². The summed E-state index contributed by atoms with van der Waals surface area (Å²) in [6, 6.07) is 14.3. The first-order valence-corrected chi connectivity index (χ1v) is 5.57. The summed E-state index contributed by atoms with van der Waals surface area (Å²) in [4.78, 5) is 4.37. The van der Waals surface area contributed by atoms with E-state index in [1.54, 1.807) is 11.3 Å². The van der Waals surface area contributed by atoms with E-state index in [1.165, 1.54) is 15.6 Å². The molecule has 0 atom stereocenters. The van der Waals surface area contributed by atoms with E-state index in [0.717, 1.165) is 5.69 Å². The van der Waals surface area contributed by atoms with Crippen LogP contribution in [0.4, 0.5) is 0 Å². The summed E-state index contributed by atoms with van der Waals surface area (Å²) >= 11 is 1.64. The van der Waals surface area contributed by atoms with Crippen molar-refractivity contribution in [3.05, 3.63) is 54.0 Å². The maximum atomic E-state index is 4.37.